The number of benzene rings is 1. The van der Waals surface area contributed by atoms with E-state index in [1.807, 2.05) is 6.07 Å². The third-order valence-electron chi connectivity index (χ3n) is 2.69. The summed E-state index contributed by atoms with van der Waals surface area (Å²) in [5, 5.41) is 13.9. The summed E-state index contributed by atoms with van der Waals surface area (Å²) in [7, 11) is 0. The zero-order chi connectivity index (χ0) is 10.3. The highest BCUT2D eigenvalue weighted by Crippen LogP contribution is 2.32. The number of nitro benzene ring substituents is 1. The van der Waals surface area contributed by atoms with E-state index in [0.717, 1.165) is 11.1 Å². The van der Waals surface area contributed by atoms with Crippen molar-refractivity contribution in [3.05, 3.63) is 39.4 Å². The van der Waals surface area contributed by atoms with Crippen molar-refractivity contribution >= 4 is 5.69 Å². The molecule has 14 heavy (non-hydrogen) atoms. The first-order valence-corrected chi connectivity index (χ1v) is 4.53. The summed E-state index contributed by atoms with van der Waals surface area (Å²) >= 11 is 0. The topological polar surface area (TPSA) is 55.2 Å². The predicted molar refractivity (Wildman–Crippen MR) is 53.0 cm³/mol. The van der Waals surface area contributed by atoms with Crippen molar-refractivity contribution in [2.75, 3.05) is 0 Å². The number of non-ortho nitro benzene ring substituents is 1. The molecule has 0 unspecified atom stereocenters. The highest BCUT2D eigenvalue weighted by molar-refractivity contribution is 5.45. The van der Waals surface area contributed by atoms with Gasteiger partial charge in [0.15, 0.2) is 0 Å². The maximum Gasteiger partial charge on any atom is 0.269 e. The van der Waals surface area contributed by atoms with Crippen LogP contribution in [0.4, 0.5) is 5.69 Å². The first kappa shape index (κ1) is 9.15. The molecule has 0 radical (unpaired) electrons. The quantitative estimate of drug-likeness (QED) is 0.546. The summed E-state index contributed by atoms with van der Waals surface area (Å²) in [5.41, 5.74) is 2.29. The average molecular weight is 192 g/mol. The smallest absolute Gasteiger partial charge is 0.269 e. The van der Waals surface area contributed by atoms with Gasteiger partial charge in [0, 0.05) is 24.2 Å². The Kier molecular flexibility index (Phi) is 1.82. The highest BCUT2D eigenvalue weighted by atomic mass is 16.6. The van der Waals surface area contributed by atoms with E-state index >= 15 is 0 Å². The fourth-order valence-electron chi connectivity index (χ4n) is 1.86. The zero-order valence-corrected chi connectivity index (χ0v) is 8.20. The summed E-state index contributed by atoms with van der Waals surface area (Å²) in [6.45, 7) is 4.86. The van der Waals surface area contributed by atoms with E-state index in [2.05, 4.69) is 19.2 Å². The maximum absolute atomic E-state index is 10.5. The van der Waals surface area contributed by atoms with Crippen LogP contribution in [-0.4, -0.2) is 4.92 Å². The molecule has 0 spiro atoms. The van der Waals surface area contributed by atoms with Gasteiger partial charge < -0.3 is 5.32 Å². The SMILES string of the molecule is CC1(C)NCc2cc([N+](=O)[O-])ccc21. The number of nitrogens with one attached hydrogen (secondary N) is 1. The van der Waals surface area contributed by atoms with E-state index in [4.69, 9.17) is 0 Å². The van der Waals surface area contributed by atoms with Crippen LogP contribution >= 0.6 is 0 Å². The molecule has 0 aromatic heterocycles. The predicted octanol–water partition coefficient (Wildman–Crippen LogP) is 1.93. The van der Waals surface area contributed by atoms with Crippen LogP contribution in [0.5, 0.6) is 0 Å². The van der Waals surface area contributed by atoms with Gasteiger partial charge in [0.1, 0.15) is 0 Å². The molecule has 0 aliphatic carbocycles. The van der Waals surface area contributed by atoms with Gasteiger partial charge in [-0.3, -0.25) is 10.1 Å². The van der Waals surface area contributed by atoms with E-state index in [0.29, 0.717) is 6.54 Å². The summed E-state index contributed by atoms with van der Waals surface area (Å²) in [6, 6.07) is 5.05. The van der Waals surface area contributed by atoms with Crippen LogP contribution in [0.25, 0.3) is 0 Å². The van der Waals surface area contributed by atoms with E-state index < -0.39 is 0 Å². The summed E-state index contributed by atoms with van der Waals surface area (Å²) < 4.78 is 0. The highest BCUT2D eigenvalue weighted by Gasteiger charge is 2.29. The fraction of sp³-hybridized carbons (Fsp3) is 0.400. The summed E-state index contributed by atoms with van der Waals surface area (Å²) in [5.74, 6) is 0. The van der Waals surface area contributed by atoms with Crippen molar-refractivity contribution in [1.29, 1.82) is 0 Å². The Morgan fingerprint density at radius 1 is 1.50 bits per heavy atom. The molecule has 1 heterocycles. The molecule has 1 aliphatic rings. The van der Waals surface area contributed by atoms with Gasteiger partial charge in [-0.15, -0.1) is 0 Å². The monoisotopic (exact) mass is 192 g/mol. The largest absolute Gasteiger partial charge is 0.304 e. The van der Waals surface area contributed by atoms with Crippen molar-refractivity contribution in [1.82, 2.24) is 5.32 Å². The molecule has 74 valence electrons. The third-order valence-corrected chi connectivity index (χ3v) is 2.69. The second-order valence-electron chi connectivity index (χ2n) is 4.08. The minimum atomic E-state index is -0.356. The van der Waals surface area contributed by atoms with Crippen molar-refractivity contribution in [3.8, 4) is 0 Å². The Bertz CT molecular complexity index is 399. The van der Waals surface area contributed by atoms with Gasteiger partial charge in [0.25, 0.3) is 5.69 Å². The molecule has 1 N–H and O–H groups in total. The van der Waals surface area contributed by atoms with E-state index in [-0.39, 0.29) is 16.1 Å². The van der Waals surface area contributed by atoms with Crippen LogP contribution < -0.4 is 5.32 Å². The molecule has 0 saturated carbocycles. The van der Waals surface area contributed by atoms with E-state index in [9.17, 15) is 10.1 Å². The first-order valence-electron chi connectivity index (χ1n) is 4.53. The first-order chi connectivity index (χ1) is 6.50. The van der Waals surface area contributed by atoms with Crippen molar-refractivity contribution in [2.45, 2.75) is 25.9 Å². The van der Waals surface area contributed by atoms with Gasteiger partial charge in [-0.25, -0.2) is 0 Å². The zero-order valence-electron chi connectivity index (χ0n) is 8.20. The number of fused-ring (bicyclic) bond motifs is 1. The van der Waals surface area contributed by atoms with Gasteiger partial charge in [0.05, 0.1) is 4.92 Å². The van der Waals surface area contributed by atoms with Crippen LogP contribution in [0, 0.1) is 10.1 Å². The van der Waals surface area contributed by atoms with Gasteiger partial charge in [-0.1, -0.05) is 6.07 Å². The summed E-state index contributed by atoms with van der Waals surface area (Å²) in [4.78, 5) is 10.2. The van der Waals surface area contributed by atoms with Crippen LogP contribution in [0.3, 0.4) is 0 Å². The molecule has 0 fully saturated rings. The minimum absolute atomic E-state index is 0.0650. The minimum Gasteiger partial charge on any atom is -0.304 e. The van der Waals surface area contributed by atoms with Gasteiger partial charge in [0.2, 0.25) is 0 Å². The Balaban J connectivity index is 2.49. The molecular formula is C10H12N2O2. The lowest BCUT2D eigenvalue weighted by Crippen LogP contribution is -2.28. The Morgan fingerprint density at radius 3 is 2.86 bits per heavy atom. The lowest BCUT2D eigenvalue weighted by atomic mass is 9.94. The molecule has 4 nitrogen and oxygen atoms in total. The van der Waals surface area contributed by atoms with Crippen molar-refractivity contribution in [3.63, 3.8) is 0 Å². The average Bonchev–Trinajstić information content (AvgIpc) is 2.42. The Hall–Kier alpha value is -1.42. The number of rotatable bonds is 1. The van der Waals surface area contributed by atoms with Gasteiger partial charge in [-0.2, -0.15) is 0 Å². The van der Waals surface area contributed by atoms with Crippen LogP contribution in [0.1, 0.15) is 25.0 Å². The van der Waals surface area contributed by atoms with Crippen LogP contribution in [0.2, 0.25) is 0 Å². The molecule has 2 rings (SSSR count). The number of nitrogens with zero attached hydrogens (tertiary/aromatic N) is 1. The number of hydrogen-bond acceptors (Lipinski definition) is 3. The molecular weight excluding hydrogens is 180 g/mol. The Labute approximate surface area is 82.1 Å². The standard InChI is InChI=1S/C10H12N2O2/c1-10(2)9-4-3-8(12(13)14)5-7(9)6-11-10/h3-5,11H,6H2,1-2H3. The fourth-order valence-corrected chi connectivity index (χ4v) is 1.86. The molecule has 1 aromatic carbocycles. The molecule has 0 bridgehead atoms. The second kappa shape index (κ2) is 2.78. The lowest BCUT2D eigenvalue weighted by Gasteiger charge is -2.19. The molecule has 0 atom stereocenters. The lowest BCUT2D eigenvalue weighted by molar-refractivity contribution is -0.384. The van der Waals surface area contributed by atoms with E-state index in [1.165, 1.54) is 0 Å². The van der Waals surface area contributed by atoms with Crippen LogP contribution in [0.15, 0.2) is 18.2 Å². The number of hydrogen-bond donors (Lipinski definition) is 1. The molecule has 1 aromatic rings. The van der Waals surface area contributed by atoms with Crippen molar-refractivity contribution < 1.29 is 4.92 Å². The van der Waals surface area contributed by atoms with Gasteiger partial charge >= 0.3 is 0 Å². The van der Waals surface area contributed by atoms with Crippen LogP contribution in [-0.2, 0) is 12.1 Å². The molecule has 1 aliphatic heterocycles. The van der Waals surface area contributed by atoms with Crippen molar-refractivity contribution in [2.24, 2.45) is 0 Å². The summed E-state index contributed by atoms with van der Waals surface area (Å²) in [6.07, 6.45) is 0. The second-order valence-corrected chi connectivity index (χ2v) is 4.08. The molecule has 0 saturated heterocycles. The van der Waals surface area contributed by atoms with Gasteiger partial charge in [-0.05, 0) is 25.0 Å². The molecule has 0 amide bonds. The Morgan fingerprint density at radius 2 is 2.21 bits per heavy atom. The third kappa shape index (κ3) is 1.28. The molecule has 4 heteroatoms. The normalized spacial score (nSPS) is 17.9. The number of nitro groups is 1. The van der Waals surface area contributed by atoms with E-state index in [1.54, 1.807) is 12.1 Å². The maximum atomic E-state index is 10.5.